The summed E-state index contributed by atoms with van der Waals surface area (Å²) in [5.74, 6) is -21.2. The van der Waals surface area contributed by atoms with Gasteiger partial charge in [0, 0.05) is 37.3 Å². The molecule has 0 aliphatic rings. The molecule has 0 radical (unpaired) electrons. The molecule has 0 saturated heterocycles. The third kappa shape index (κ3) is 9.02. The van der Waals surface area contributed by atoms with Crippen molar-refractivity contribution in [1.29, 1.82) is 0 Å². The number of hydrogen-bond donors (Lipinski definition) is 2. The van der Waals surface area contributed by atoms with E-state index >= 15 is 0 Å². The molecule has 0 heterocycles. The molecule has 178 valence electrons. The van der Waals surface area contributed by atoms with Crippen molar-refractivity contribution < 1.29 is 54.2 Å². The van der Waals surface area contributed by atoms with Crippen LogP contribution in [-0.4, -0.2) is 59.0 Å². The summed E-state index contributed by atoms with van der Waals surface area (Å²) in [6, 6.07) is 0. The predicted octanol–water partition coefficient (Wildman–Crippen LogP) is 5.38. The van der Waals surface area contributed by atoms with E-state index in [1.165, 1.54) is 0 Å². The normalized spacial score (nSPS) is 13.4. The minimum atomic E-state index is -6.88. The van der Waals surface area contributed by atoms with Gasteiger partial charge in [-0.3, -0.25) is 9.59 Å². The van der Waals surface area contributed by atoms with E-state index in [4.69, 9.17) is 5.11 Å². The van der Waals surface area contributed by atoms with Crippen molar-refractivity contribution >= 4 is 33.5 Å². The molecule has 0 fully saturated rings. The maximum atomic E-state index is 13.3. The van der Waals surface area contributed by atoms with E-state index in [2.05, 4.69) is 5.32 Å². The van der Waals surface area contributed by atoms with Gasteiger partial charge in [-0.15, -0.1) is 0 Å². The summed E-state index contributed by atoms with van der Waals surface area (Å²) < 4.78 is 114. The molecule has 0 aromatic heterocycles. The lowest BCUT2D eigenvalue weighted by atomic mass is 10.0. The smallest absolute Gasteiger partial charge is 0.460 e. The number of carboxylic acids is 1. The van der Waals surface area contributed by atoms with Gasteiger partial charge in [0.15, 0.2) is 0 Å². The second kappa shape index (κ2) is 12.2. The Labute approximate surface area is 174 Å². The Morgan fingerprint density at radius 1 is 0.767 bits per heavy atom. The molecular formula is C15H20F9NO3S2. The molecule has 0 atom stereocenters. The zero-order valence-corrected chi connectivity index (χ0v) is 17.0. The summed E-state index contributed by atoms with van der Waals surface area (Å²) in [4.78, 5) is 21.8. The number of alkyl halides is 9. The monoisotopic (exact) mass is 497 g/mol. The summed E-state index contributed by atoms with van der Waals surface area (Å²) >= 11 is 0. The van der Waals surface area contributed by atoms with E-state index in [9.17, 15) is 49.1 Å². The minimum absolute atomic E-state index is 0.0145. The topological polar surface area (TPSA) is 66.4 Å². The molecule has 0 rings (SSSR count). The minimum Gasteiger partial charge on any atom is -0.481 e. The first kappa shape index (κ1) is 29.0. The molecule has 0 unspecified atom stereocenters. The van der Waals surface area contributed by atoms with Crippen LogP contribution in [0.5, 0.6) is 0 Å². The van der Waals surface area contributed by atoms with E-state index in [-0.39, 0.29) is 18.6 Å². The van der Waals surface area contributed by atoms with E-state index in [0.29, 0.717) is 36.6 Å². The Hall–Kier alpha value is -0.990. The highest BCUT2D eigenvalue weighted by Crippen LogP contribution is 2.54. The molecule has 0 aromatic rings. The molecule has 0 saturated carbocycles. The van der Waals surface area contributed by atoms with E-state index in [0.717, 1.165) is 10.8 Å². The van der Waals surface area contributed by atoms with Gasteiger partial charge in [-0.25, -0.2) is 0 Å². The van der Waals surface area contributed by atoms with Gasteiger partial charge >= 0.3 is 29.9 Å². The molecule has 4 nitrogen and oxygen atoms in total. The predicted molar refractivity (Wildman–Crippen MR) is 94.2 cm³/mol. The van der Waals surface area contributed by atoms with Crippen molar-refractivity contribution in [2.24, 2.45) is 0 Å². The van der Waals surface area contributed by atoms with E-state index < -0.39 is 48.0 Å². The van der Waals surface area contributed by atoms with Crippen LogP contribution in [0.25, 0.3) is 0 Å². The summed E-state index contributed by atoms with van der Waals surface area (Å²) in [7, 11) is 1.33. The first-order chi connectivity index (χ1) is 13.6. The van der Waals surface area contributed by atoms with Crippen molar-refractivity contribution in [3.8, 4) is 0 Å². The van der Waals surface area contributed by atoms with Gasteiger partial charge in [0.25, 0.3) is 0 Å². The van der Waals surface area contributed by atoms with Gasteiger partial charge in [0.1, 0.15) is 0 Å². The van der Waals surface area contributed by atoms with Crippen molar-refractivity contribution in [3.05, 3.63) is 0 Å². The zero-order valence-electron chi connectivity index (χ0n) is 15.3. The molecule has 0 aliphatic carbocycles. The molecule has 15 heteroatoms. The first-order valence-electron chi connectivity index (χ1n) is 8.49. The maximum absolute atomic E-state index is 13.3. The average Bonchev–Trinajstić information content (AvgIpc) is 2.59. The lowest BCUT2D eigenvalue weighted by Gasteiger charge is -2.33. The van der Waals surface area contributed by atoms with Crippen LogP contribution in [0.3, 0.4) is 0 Å². The molecule has 30 heavy (non-hydrogen) atoms. The maximum Gasteiger partial charge on any atom is 0.460 e. The highest BCUT2D eigenvalue weighted by Gasteiger charge is 2.81. The van der Waals surface area contributed by atoms with Crippen molar-refractivity contribution in [2.75, 3.05) is 18.1 Å². The van der Waals surface area contributed by atoms with Gasteiger partial charge in [0.2, 0.25) is 5.91 Å². The van der Waals surface area contributed by atoms with E-state index in [1.54, 1.807) is 0 Å². The molecule has 0 spiro atoms. The number of halogens is 9. The first-order valence-corrected chi connectivity index (χ1v) is 11.0. The van der Waals surface area contributed by atoms with Gasteiger partial charge in [-0.05, 0) is 12.8 Å². The zero-order chi connectivity index (χ0) is 23.6. The third-order valence-electron chi connectivity index (χ3n) is 3.59. The summed E-state index contributed by atoms with van der Waals surface area (Å²) in [5, 5.41) is 11.0. The number of carboxylic acid groups (broad SMARTS) is 1. The Kier molecular flexibility index (Phi) is 11.7. The van der Waals surface area contributed by atoms with Crippen molar-refractivity contribution in [2.45, 2.75) is 62.5 Å². The van der Waals surface area contributed by atoms with Crippen LogP contribution in [0.2, 0.25) is 0 Å². The molecule has 0 aliphatic heterocycles. The molecular weight excluding hydrogens is 477 g/mol. The van der Waals surface area contributed by atoms with Crippen LogP contribution in [0.15, 0.2) is 0 Å². The fourth-order valence-electron chi connectivity index (χ4n) is 1.88. The van der Waals surface area contributed by atoms with Gasteiger partial charge < -0.3 is 10.4 Å². The Morgan fingerprint density at radius 2 is 1.33 bits per heavy atom. The Bertz CT molecular complexity index is 560. The summed E-state index contributed by atoms with van der Waals surface area (Å²) in [5.41, 5.74) is 0. The number of amides is 1. The highest BCUT2D eigenvalue weighted by molar-refractivity contribution is 8.76. The van der Waals surface area contributed by atoms with Crippen LogP contribution in [0.4, 0.5) is 39.5 Å². The lowest BCUT2D eigenvalue weighted by Crippen LogP contribution is -2.60. The van der Waals surface area contributed by atoms with Gasteiger partial charge in [-0.2, -0.15) is 39.5 Å². The second-order valence-corrected chi connectivity index (χ2v) is 8.75. The SMILES string of the molecule is O=C(O)CCCCCNC(=O)CCSSCCC(F)(F)C(F)(F)C(F)(F)C(F)(F)F. The number of unbranched alkanes of at least 4 members (excludes halogenated alkanes) is 2. The van der Waals surface area contributed by atoms with E-state index in [1.807, 2.05) is 0 Å². The Morgan fingerprint density at radius 3 is 1.87 bits per heavy atom. The van der Waals surface area contributed by atoms with Crippen molar-refractivity contribution in [1.82, 2.24) is 5.32 Å². The molecule has 2 N–H and O–H groups in total. The van der Waals surface area contributed by atoms with Crippen LogP contribution in [0, 0.1) is 0 Å². The number of rotatable bonds is 15. The fourth-order valence-corrected chi connectivity index (χ4v) is 3.93. The quantitative estimate of drug-likeness (QED) is 0.181. The molecule has 0 bridgehead atoms. The number of aliphatic carboxylic acids is 1. The highest BCUT2D eigenvalue weighted by atomic mass is 33.1. The van der Waals surface area contributed by atoms with Crippen LogP contribution >= 0.6 is 21.6 Å². The average molecular weight is 497 g/mol. The van der Waals surface area contributed by atoms with Crippen molar-refractivity contribution in [3.63, 3.8) is 0 Å². The standard InChI is InChI=1S/C15H20F9NO3S2/c16-12(17,13(18,19)14(20,21)15(22,23)24)6-9-30-29-8-5-10(26)25-7-3-1-2-4-11(27)28/h1-9H2,(H,25,26)(H,27,28). The Balaban J connectivity index is 4.09. The molecule has 1 amide bonds. The number of hydrogen-bond acceptors (Lipinski definition) is 4. The fraction of sp³-hybridized carbons (Fsp3) is 0.867. The number of carbonyl (C=O) groups excluding carboxylic acids is 1. The summed E-state index contributed by atoms with van der Waals surface area (Å²) in [6.45, 7) is 0.297. The third-order valence-corrected chi connectivity index (χ3v) is 6.00. The molecule has 0 aromatic carbocycles. The number of nitrogens with one attached hydrogen (secondary N) is 1. The van der Waals surface area contributed by atoms with Gasteiger partial charge in [0.05, 0.1) is 0 Å². The van der Waals surface area contributed by atoms with Gasteiger partial charge in [-0.1, -0.05) is 28.0 Å². The number of carbonyl (C=O) groups is 2. The second-order valence-electron chi connectivity index (χ2n) is 6.05. The van der Waals surface area contributed by atoms with Crippen LogP contribution < -0.4 is 5.32 Å². The lowest BCUT2D eigenvalue weighted by molar-refractivity contribution is -0.396. The largest absolute Gasteiger partial charge is 0.481 e. The van der Waals surface area contributed by atoms with Crippen LogP contribution in [0.1, 0.15) is 38.5 Å². The summed E-state index contributed by atoms with van der Waals surface area (Å²) in [6.07, 6.45) is -7.20. The van der Waals surface area contributed by atoms with Crippen LogP contribution in [-0.2, 0) is 9.59 Å².